The summed E-state index contributed by atoms with van der Waals surface area (Å²) < 4.78 is 0. The highest BCUT2D eigenvalue weighted by molar-refractivity contribution is 7.07. The number of aromatic nitrogens is 1. The molecule has 0 aliphatic rings. The van der Waals surface area contributed by atoms with E-state index in [0.717, 1.165) is 12.1 Å². The molecule has 2 aromatic rings. The molecular weight excluding hydrogens is 268 g/mol. The van der Waals surface area contributed by atoms with Crippen LogP contribution in [-0.4, -0.2) is 17.4 Å². The Morgan fingerprint density at radius 2 is 2.39 bits per heavy atom. The van der Waals surface area contributed by atoms with Crippen LogP contribution in [0.1, 0.15) is 21.6 Å². The SMILES string of the molecule is Cc1cc(Cl)c(C(=O)NCCc2ccsc2)cn1. The van der Waals surface area contributed by atoms with Crippen molar-refractivity contribution in [2.45, 2.75) is 13.3 Å². The van der Waals surface area contributed by atoms with Gasteiger partial charge in [-0.25, -0.2) is 0 Å². The van der Waals surface area contributed by atoms with Crippen LogP contribution in [0.25, 0.3) is 0 Å². The van der Waals surface area contributed by atoms with E-state index in [1.807, 2.05) is 12.3 Å². The van der Waals surface area contributed by atoms with Gasteiger partial charge in [-0.05, 0) is 41.8 Å². The highest BCUT2D eigenvalue weighted by Crippen LogP contribution is 2.15. The number of amides is 1. The largest absolute Gasteiger partial charge is 0.352 e. The molecule has 0 aliphatic heterocycles. The van der Waals surface area contributed by atoms with Crippen molar-refractivity contribution < 1.29 is 4.79 Å². The number of rotatable bonds is 4. The molecule has 2 rings (SSSR count). The fourth-order valence-corrected chi connectivity index (χ4v) is 2.54. The molecule has 0 aliphatic carbocycles. The molecule has 3 nitrogen and oxygen atoms in total. The molecule has 1 N–H and O–H groups in total. The van der Waals surface area contributed by atoms with Crippen molar-refractivity contribution in [2.24, 2.45) is 0 Å². The molecule has 0 spiro atoms. The average Bonchev–Trinajstić information content (AvgIpc) is 2.81. The highest BCUT2D eigenvalue weighted by atomic mass is 35.5. The van der Waals surface area contributed by atoms with Gasteiger partial charge in [0, 0.05) is 18.4 Å². The maximum Gasteiger partial charge on any atom is 0.254 e. The van der Waals surface area contributed by atoms with E-state index in [1.165, 1.54) is 11.8 Å². The third-order valence-corrected chi connectivity index (χ3v) is 3.56. The summed E-state index contributed by atoms with van der Waals surface area (Å²) in [6.45, 7) is 2.43. The molecule has 1 amide bonds. The van der Waals surface area contributed by atoms with E-state index in [-0.39, 0.29) is 5.91 Å². The maximum absolute atomic E-state index is 11.9. The molecule has 0 aromatic carbocycles. The van der Waals surface area contributed by atoms with Gasteiger partial charge in [0.05, 0.1) is 10.6 Å². The van der Waals surface area contributed by atoms with E-state index in [0.29, 0.717) is 17.1 Å². The molecule has 0 saturated heterocycles. The summed E-state index contributed by atoms with van der Waals surface area (Å²) in [7, 11) is 0. The van der Waals surface area contributed by atoms with Crippen LogP contribution in [0.3, 0.4) is 0 Å². The number of nitrogens with zero attached hydrogens (tertiary/aromatic N) is 1. The van der Waals surface area contributed by atoms with Crippen molar-refractivity contribution in [1.29, 1.82) is 0 Å². The normalized spacial score (nSPS) is 10.3. The van der Waals surface area contributed by atoms with Gasteiger partial charge < -0.3 is 5.32 Å². The quantitative estimate of drug-likeness (QED) is 0.935. The summed E-state index contributed by atoms with van der Waals surface area (Å²) in [6.07, 6.45) is 2.34. The second-order valence-corrected chi connectivity index (χ2v) is 5.13. The van der Waals surface area contributed by atoms with Crippen molar-refractivity contribution in [3.8, 4) is 0 Å². The molecule has 0 bridgehead atoms. The Bertz CT molecular complexity index is 540. The van der Waals surface area contributed by atoms with E-state index < -0.39 is 0 Å². The minimum Gasteiger partial charge on any atom is -0.352 e. The molecule has 0 saturated carbocycles. The first-order valence-corrected chi connectivity index (χ1v) is 6.90. The van der Waals surface area contributed by atoms with E-state index in [4.69, 9.17) is 11.6 Å². The monoisotopic (exact) mass is 280 g/mol. The van der Waals surface area contributed by atoms with Crippen molar-refractivity contribution in [3.05, 3.63) is 50.9 Å². The summed E-state index contributed by atoms with van der Waals surface area (Å²) in [5, 5.41) is 7.38. The second kappa shape index (κ2) is 5.98. The third kappa shape index (κ3) is 3.31. The Morgan fingerprint density at radius 1 is 1.56 bits per heavy atom. The highest BCUT2D eigenvalue weighted by Gasteiger charge is 2.10. The molecule has 5 heteroatoms. The van der Waals surface area contributed by atoms with Gasteiger partial charge in [-0.15, -0.1) is 0 Å². The minimum absolute atomic E-state index is 0.178. The summed E-state index contributed by atoms with van der Waals surface area (Å²) in [5.74, 6) is -0.178. The maximum atomic E-state index is 11.9. The van der Waals surface area contributed by atoms with Crippen LogP contribution in [0.15, 0.2) is 29.1 Å². The summed E-state index contributed by atoms with van der Waals surface area (Å²) >= 11 is 7.66. The Kier molecular flexibility index (Phi) is 4.33. The summed E-state index contributed by atoms with van der Waals surface area (Å²) in [6, 6.07) is 3.74. The fraction of sp³-hybridized carbons (Fsp3) is 0.231. The molecule has 2 heterocycles. The number of hydrogen-bond donors (Lipinski definition) is 1. The Labute approximate surface area is 115 Å². The van der Waals surface area contributed by atoms with Gasteiger partial charge in [0.25, 0.3) is 5.91 Å². The Morgan fingerprint density at radius 3 is 3.06 bits per heavy atom. The Balaban J connectivity index is 1.91. The molecule has 0 unspecified atom stereocenters. The number of carbonyl (C=O) groups excluding carboxylic acids is 1. The number of thiophene rings is 1. The lowest BCUT2D eigenvalue weighted by Crippen LogP contribution is -2.26. The average molecular weight is 281 g/mol. The number of pyridine rings is 1. The molecular formula is C13H13ClN2OS. The molecule has 0 fully saturated rings. The van der Waals surface area contributed by atoms with Gasteiger partial charge in [0.1, 0.15) is 0 Å². The topological polar surface area (TPSA) is 42.0 Å². The molecule has 2 aromatic heterocycles. The van der Waals surface area contributed by atoms with Gasteiger partial charge >= 0.3 is 0 Å². The predicted molar refractivity (Wildman–Crippen MR) is 74.3 cm³/mol. The minimum atomic E-state index is -0.178. The molecule has 94 valence electrons. The van der Waals surface area contributed by atoms with Gasteiger partial charge in [0.15, 0.2) is 0 Å². The van der Waals surface area contributed by atoms with Crippen LogP contribution in [-0.2, 0) is 6.42 Å². The van der Waals surface area contributed by atoms with E-state index in [1.54, 1.807) is 17.4 Å². The fourth-order valence-electron chi connectivity index (χ4n) is 1.54. The lowest BCUT2D eigenvalue weighted by Gasteiger charge is -2.06. The number of halogens is 1. The number of carbonyl (C=O) groups is 1. The zero-order valence-electron chi connectivity index (χ0n) is 9.94. The van der Waals surface area contributed by atoms with E-state index in [2.05, 4.69) is 21.7 Å². The van der Waals surface area contributed by atoms with Gasteiger partial charge in [-0.1, -0.05) is 11.6 Å². The first-order chi connectivity index (χ1) is 8.66. The smallest absolute Gasteiger partial charge is 0.254 e. The van der Waals surface area contributed by atoms with Crippen LogP contribution in [0.5, 0.6) is 0 Å². The number of hydrogen-bond acceptors (Lipinski definition) is 3. The van der Waals surface area contributed by atoms with Crippen LogP contribution in [0, 0.1) is 6.92 Å². The van der Waals surface area contributed by atoms with Gasteiger partial charge in [-0.3, -0.25) is 9.78 Å². The van der Waals surface area contributed by atoms with Gasteiger partial charge in [0.2, 0.25) is 0 Å². The van der Waals surface area contributed by atoms with Crippen LogP contribution in [0.4, 0.5) is 0 Å². The molecule has 0 atom stereocenters. The van der Waals surface area contributed by atoms with Crippen LogP contribution < -0.4 is 5.32 Å². The van der Waals surface area contributed by atoms with Gasteiger partial charge in [-0.2, -0.15) is 11.3 Å². The predicted octanol–water partition coefficient (Wildman–Crippen LogP) is 3.08. The van der Waals surface area contributed by atoms with Crippen LogP contribution in [0.2, 0.25) is 5.02 Å². The summed E-state index contributed by atoms with van der Waals surface area (Å²) in [5.41, 5.74) is 2.45. The lowest BCUT2D eigenvalue weighted by molar-refractivity contribution is 0.0954. The first kappa shape index (κ1) is 13.1. The third-order valence-electron chi connectivity index (χ3n) is 2.51. The standard InChI is InChI=1S/C13H13ClN2OS/c1-9-6-12(14)11(7-16-9)13(17)15-4-2-10-3-5-18-8-10/h3,5-8H,2,4H2,1H3,(H,15,17). The van der Waals surface area contributed by atoms with Crippen molar-refractivity contribution in [3.63, 3.8) is 0 Å². The molecule has 18 heavy (non-hydrogen) atoms. The summed E-state index contributed by atoms with van der Waals surface area (Å²) in [4.78, 5) is 15.9. The zero-order valence-corrected chi connectivity index (χ0v) is 11.5. The van der Waals surface area contributed by atoms with E-state index in [9.17, 15) is 4.79 Å². The Hall–Kier alpha value is -1.39. The number of nitrogens with one attached hydrogen (secondary N) is 1. The zero-order chi connectivity index (χ0) is 13.0. The van der Waals surface area contributed by atoms with Crippen LogP contribution >= 0.6 is 22.9 Å². The molecule has 0 radical (unpaired) electrons. The number of aryl methyl sites for hydroxylation is 1. The lowest BCUT2D eigenvalue weighted by atomic mass is 10.2. The van der Waals surface area contributed by atoms with Crippen molar-refractivity contribution in [1.82, 2.24) is 10.3 Å². The second-order valence-electron chi connectivity index (χ2n) is 3.94. The van der Waals surface area contributed by atoms with Crippen molar-refractivity contribution in [2.75, 3.05) is 6.54 Å². The van der Waals surface area contributed by atoms with Crippen molar-refractivity contribution >= 4 is 28.8 Å². The first-order valence-electron chi connectivity index (χ1n) is 5.58. The van der Waals surface area contributed by atoms with E-state index >= 15 is 0 Å².